The zero-order valence-corrected chi connectivity index (χ0v) is 9.78. The van der Waals surface area contributed by atoms with E-state index in [-0.39, 0.29) is 18.7 Å². The summed E-state index contributed by atoms with van der Waals surface area (Å²) in [4.78, 5) is 14.2. The number of rotatable bonds is 4. The summed E-state index contributed by atoms with van der Waals surface area (Å²) >= 11 is 0. The summed E-state index contributed by atoms with van der Waals surface area (Å²) in [6, 6.07) is 4.98. The van der Waals surface area contributed by atoms with E-state index in [1.807, 2.05) is 0 Å². The molecular formula is C13H10F3NO2. The average Bonchev–Trinajstić information content (AvgIpc) is 2.76. The highest BCUT2D eigenvalue weighted by atomic mass is 19.4. The van der Waals surface area contributed by atoms with Crippen molar-refractivity contribution in [2.24, 2.45) is 0 Å². The summed E-state index contributed by atoms with van der Waals surface area (Å²) in [6.07, 6.45) is -2.03. The molecular weight excluding hydrogens is 259 g/mol. The Morgan fingerprint density at radius 2 is 2.11 bits per heavy atom. The number of nitrogens with zero attached hydrogens (tertiary/aromatic N) is 1. The van der Waals surface area contributed by atoms with Gasteiger partial charge in [0.1, 0.15) is 12.0 Å². The smallest absolute Gasteiger partial charge is 0.416 e. The molecule has 0 saturated carbocycles. The number of oxazole rings is 1. The zero-order valence-electron chi connectivity index (χ0n) is 9.78. The van der Waals surface area contributed by atoms with E-state index in [0.29, 0.717) is 17.6 Å². The van der Waals surface area contributed by atoms with Crippen molar-refractivity contribution in [1.29, 1.82) is 0 Å². The predicted molar refractivity (Wildman–Crippen MR) is 60.5 cm³/mol. The van der Waals surface area contributed by atoms with E-state index in [9.17, 15) is 18.0 Å². The molecule has 0 saturated heterocycles. The van der Waals surface area contributed by atoms with Gasteiger partial charge in [-0.15, -0.1) is 0 Å². The maximum atomic E-state index is 12.5. The quantitative estimate of drug-likeness (QED) is 0.801. The minimum Gasteiger partial charge on any atom is -0.445 e. The van der Waals surface area contributed by atoms with Gasteiger partial charge in [-0.1, -0.05) is 18.2 Å². The molecule has 0 N–H and O–H groups in total. The molecule has 3 nitrogen and oxygen atoms in total. The van der Waals surface area contributed by atoms with Crippen molar-refractivity contribution in [3.63, 3.8) is 0 Å². The lowest BCUT2D eigenvalue weighted by Crippen LogP contribution is -2.05. The van der Waals surface area contributed by atoms with Gasteiger partial charge in [0.25, 0.3) is 0 Å². The van der Waals surface area contributed by atoms with Crippen LogP contribution in [-0.2, 0) is 23.8 Å². The lowest BCUT2D eigenvalue weighted by Gasteiger charge is -2.07. The lowest BCUT2D eigenvalue weighted by molar-refractivity contribution is -0.137. The van der Waals surface area contributed by atoms with Crippen LogP contribution in [0, 0.1) is 0 Å². The lowest BCUT2D eigenvalue weighted by atomic mass is 10.1. The average molecular weight is 269 g/mol. The summed E-state index contributed by atoms with van der Waals surface area (Å²) in [5, 5.41) is 0. The van der Waals surface area contributed by atoms with Gasteiger partial charge in [0, 0.05) is 6.42 Å². The predicted octanol–water partition coefficient (Wildman–Crippen LogP) is 3.03. The van der Waals surface area contributed by atoms with Crippen LogP contribution >= 0.6 is 0 Å². The normalized spacial score (nSPS) is 11.5. The van der Waals surface area contributed by atoms with Crippen molar-refractivity contribution < 1.29 is 22.4 Å². The molecule has 0 aliphatic carbocycles. The molecule has 100 valence electrons. The van der Waals surface area contributed by atoms with Gasteiger partial charge in [0.15, 0.2) is 5.89 Å². The Balaban J connectivity index is 2.16. The Morgan fingerprint density at radius 1 is 1.32 bits per heavy atom. The summed E-state index contributed by atoms with van der Waals surface area (Å²) in [7, 11) is 0. The molecule has 0 unspecified atom stereocenters. The molecule has 19 heavy (non-hydrogen) atoms. The van der Waals surface area contributed by atoms with Crippen LogP contribution in [0.5, 0.6) is 0 Å². The highest BCUT2D eigenvalue weighted by Gasteiger charge is 2.30. The fourth-order valence-corrected chi connectivity index (χ4v) is 1.64. The topological polar surface area (TPSA) is 43.1 Å². The number of aromatic nitrogens is 1. The highest BCUT2D eigenvalue weighted by Crippen LogP contribution is 2.29. The van der Waals surface area contributed by atoms with Crippen LogP contribution in [0.2, 0.25) is 0 Å². The Hall–Kier alpha value is -2.11. The molecule has 2 rings (SSSR count). The molecule has 1 heterocycles. The molecule has 0 aliphatic rings. The third-order valence-electron chi connectivity index (χ3n) is 2.50. The van der Waals surface area contributed by atoms with Crippen LogP contribution in [0.3, 0.4) is 0 Å². The minimum atomic E-state index is -4.37. The summed E-state index contributed by atoms with van der Waals surface area (Å²) in [6.45, 7) is 0. The van der Waals surface area contributed by atoms with Gasteiger partial charge < -0.3 is 9.21 Å². The molecule has 1 aromatic heterocycles. The van der Waals surface area contributed by atoms with Crippen molar-refractivity contribution >= 4 is 6.29 Å². The van der Waals surface area contributed by atoms with Crippen LogP contribution in [0.25, 0.3) is 0 Å². The SMILES string of the molecule is O=CCc1cnc(Cc2cccc(C(F)(F)F)c2)o1. The van der Waals surface area contributed by atoms with Gasteiger partial charge in [0.2, 0.25) is 0 Å². The number of hydrogen-bond donors (Lipinski definition) is 0. The molecule has 0 fully saturated rings. The molecule has 0 bridgehead atoms. The van der Waals surface area contributed by atoms with Crippen LogP contribution < -0.4 is 0 Å². The third-order valence-corrected chi connectivity index (χ3v) is 2.50. The molecule has 2 aromatic rings. The Labute approximate surface area is 107 Å². The number of alkyl halides is 3. The summed E-state index contributed by atoms with van der Waals surface area (Å²) in [5.41, 5.74) is -0.251. The molecule has 0 radical (unpaired) electrons. The second kappa shape index (κ2) is 5.26. The first-order chi connectivity index (χ1) is 8.99. The largest absolute Gasteiger partial charge is 0.445 e. The van der Waals surface area contributed by atoms with E-state index in [2.05, 4.69) is 4.98 Å². The Bertz CT molecular complexity index is 575. The zero-order chi connectivity index (χ0) is 13.9. The molecule has 0 atom stereocenters. The fraction of sp³-hybridized carbons (Fsp3) is 0.231. The van der Waals surface area contributed by atoms with Gasteiger partial charge in [0.05, 0.1) is 18.2 Å². The molecule has 0 aliphatic heterocycles. The highest BCUT2D eigenvalue weighted by molar-refractivity contribution is 5.52. The number of carbonyl (C=O) groups excluding carboxylic acids is 1. The van der Waals surface area contributed by atoms with Gasteiger partial charge in [-0.05, 0) is 11.6 Å². The van der Waals surface area contributed by atoms with Crippen molar-refractivity contribution in [2.75, 3.05) is 0 Å². The van der Waals surface area contributed by atoms with E-state index in [1.54, 1.807) is 6.07 Å². The monoisotopic (exact) mass is 269 g/mol. The van der Waals surface area contributed by atoms with E-state index < -0.39 is 11.7 Å². The molecule has 6 heteroatoms. The maximum Gasteiger partial charge on any atom is 0.416 e. The van der Waals surface area contributed by atoms with Gasteiger partial charge in [-0.2, -0.15) is 13.2 Å². The van der Waals surface area contributed by atoms with Crippen molar-refractivity contribution in [2.45, 2.75) is 19.0 Å². The van der Waals surface area contributed by atoms with E-state index >= 15 is 0 Å². The first kappa shape index (κ1) is 13.3. The first-order valence-electron chi connectivity index (χ1n) is 5.52. The Kier molecular flexibility index (Phi) is 3.69. The first-order valence-corrected chi connectivity index (χ1v) is 5.52. The molecule has 0 amide bonds. The van der Waals surface area contributed by atoms with E-state index in [4.69, 9.17) is 4.42 Å². The Morgan fingerprint density at radius 3 is 2.79 bits per heavy atom. The number of halogens is 3. The number of aldehydes is 1. The standard InChI is InChI=1S/C13H10F3NO2/c14-13(15,16)10-3-1-2-9(6-10)7-12-17-8-11(19-12)4-5-18/h1-3,5-6,8H,4,7H2. The van der Waals surface area contributed by atoms with E-state index in [1.165, 1.54) is 12.3 Å². The van der Waals surface area contributed by atoms with Crippen LogP contribution in [0.15, 0.2) is 34.9 Å². The van der Waals surface area contributed by atoms with Crippen molar-refractivity contribution in [3.05, 3.63) is 53.2 Å². The fourth-order valence-electron chi connectivity index (χ4n) is 1.64. The van der Waals surface area contributed by atoms with E-state index in [0.717, 1.165) is 12.1 Å². The molecule has 1 aromatic carbocycles. The second-order valence-electron chi connectivity index (χ2n) is 3.97. The van der Waals surface area contributed by atoms with Crippen LogP contribution in [0.1, 0.15) is 22.8 Å². The second-order valence-corrected chi connectivity index (χ2v) is 3.97. The van der Waals surface area contributed by atoms with Crippen LogP contribution in [0.4, 0.5) is 13.2 Å². The van der Waals surface area contributed by atoms with Crippen molar-refractivity contribution in [1.82, 2.24) is 4.98 Å². The summed E-state index contributed by atoms with van der Waals surface area (Å²) < 4.78 is 42.8. The van der Waals surface area contributed by atoms with Gasteiger partial charge in [-0.3, -0.25) is 0 Å². The maximum absolute atomic E-state index is 12.5. The molecule has 0 spiro atoms. The van der Waals surface area contributed by atoms with Gasteiger partial charge >= 0.3 is 6.18 Å². The third kappa shape index (κ3) is 3.43. The summed E-state index contributed by atoms with van der Waals surface area (Å²) in [5.74, 6) is 0.688. The number of carbonyl (C=O) groups is 1. The number of hydrogen-bond acceptors (Lipinski definition) is 3. The minimum absolute atomic E-state index is 0.107. The van der Waals surface area contributed by atoms with Gasteiger partial charge in [-0.25, -0.2) is 4.98 Å². The number of benzene rings is 1. The van der Waals surface area contributed by atoms with Crippen LogP contribution in [-0.4, -0.2) is 11.3 Å². The van der Waals surface area contributed by atoms with Crippen molar-refractivity contribution in [3.8, 4) is 0 Å².